The van der Waals surface area contributed by atoms with Gasteiger partial charge in [-0.1, -0.05) is 0 Å². The van der Waals surface area contributed by atoms with E-state index in [1.54, 1.807) is 34.6 Å². The summed E-state index contributed by atoms with van der Waals surface area (Å²) in [5, 5.41) is 2.75. The van der Waals surface area contributed by atoms with E-state index in [4.69, 9.17) is 10.5 Å². The number of nitrogens with one attached hydrogen (secondary N) is 1. The SMILES string of the molecule is CC(NC(C)C(=O)OC(C)(C)C)C(N)=O. The molecular formula is C10H20N2O3. The fraction of sp³-hybridized carbons (Fsp3) is 0.800. The summed E-state index contributed by atoms with van der Waals surface area (Å²) in [4.78, 5) is 22.2. The molecular weight excluding hydrogens is 196 g/mol. The minimum atomic E-state index is -0.549. The molecule has 3 N–H and O–H groups in total. The van der Waals surface area contributed by atoms with E-state index in [1.807, 2.05) is 0 Å². The first-order valence-corrected chi connectivity index (χ1v) is 4.91. The van der Waals surface area contributed by atoms with Gasteiger partial charge < -0.3 is 10.5 Å². The van der Waals surface area contributed by atoms with Crippen LogP contribution in [0.2, 0.25) is 0 Å². The lowest BCUT2D eigenvalue weighted by atomic mass is 10.2. The summed E-state index contributed by atoms with van der Waals surface area (Å²) in [5.41, 5.74) is 4.53. The molecule has 0 spiro atoms. The van der Waals surface area contributed by atoms with Gasteiger partial charge in [-0.05, 0) is 34.6 Å². The maximum atomic E-state index is 11.5. The van der Waals surface area contributed by atoms with Gasteiger partial charge in [0.05, 0.1) is 6.04 Å². The van der Waals surface area contributed by atoms with Crippen LogP contribution in [0.5, 0.6) is 0 Å². The first kappa shape index (κ1) is 13.9. The summed E-state index contributed by atoms with van der Waals surface area (Å²) in [6.45, 7) is 8.59. The standard InChI is InChI=1S/C10H20N2O3/c1-6(8(11)13)12-7(2)9(14)15-10(3,4)5/h6-7,12H,1-5H3,(H2,11,13). The first-order chi connectivity index (χ1) is 6.63. The fourth-order valence-corrected chi connectivity index (χ4v) is 0.915. The van der Waals surface area contributed by atoms with E-state index in [0.717, 1.165) is 0 Å². The Balaban J connectivity index is 4.17. The number of hydrogen-bond acceptors (Lipinski definition) is 4. The quantitative estimate of drug-likeness (QED) is 0.657. The van der Waals surface area contributed by atoms with Crippen molar-refractivity contribution in [2.24, 2.45) is 5.73 Å². The molecule has 0 bridgehead atoms. The normalized spacial score (nSPS) is 15.5. The second-order valence-corrected chi connectivity index (χ2v) is 4.55. The Bertz CT molecular complexity index is 246. The van der Waals surface area contributed by atoms with Crippen molar-refractivity contribution in [3.63, 3.8) is 0 Å². The van der Waals surface area contributed by atoms with E-state index in [1.165, 1.54) is 0 Å². The summed E-state index contributed by atoms with van der Waals surface area (Å²) >= 11 is 0. The highest BCUT2D eigenvalue weighted by Gasteiger charge is 2.23. The van der Waals surface area contributed by atoms with Crippen molar-refractivity contribution in [2.45, 2.75) is 52.3 Å². The molecule has 0 saturated heterocycles. The van der Waals surface area contributed by atoms with Gasteiger partial charge in [-0.3, -0.25) is 14.9 Å². The van der Waals surface area contributed by atoms with Gasteiger partial charge in [-0.2, -0.15) is 0 Å². The average Bonchev–Trinajstić information content (AvgIpc) is 2.00. The fourth-order valence-electron chi connectivity index (χ4n) is 0.915. The molecule has 0 radical (unpaired) electrons. The highest BCUT2D eigenvalue weighted by molar-refractivity contribution is 5.81. The number of esters is 1. The van der Waals surface area contributed by atoms with Crippen molar-refractivity contribution in [3.05, 3.63) is 0 Å². The zero-order chi connectivity index (χ0) is 12.2. The number of carbonyl (C=O) groups excluding carboxylic acids is 2. The van der Waals surface area contributed by atoms with Crippen LogP contribution < -0.4 is 11.1 Å². The number of nitrogens with two attached hydrogens (primary N) is 1. The van der Waals surface area contributed by atoms with E-state index in [-0.39, 0.29) is 0 Å². The maximum Gasteiger partial charge on any atom is 0.323 e. The van der Waals surface area contributed by atoms with Gasteiger partial charge >= 0.3 is 5.97 Å². The average molecular weight is 216 g/mol. The summed E-state index contributed by atoms with van der Waals surface area (Å²) in [6.07, 6.45) is 0. The molecule has 5 heteroatoms. The molecule has 15 heavy (non-hydrogen) atoms. The molecule has 0 aromatic carbocycles. The Labute approximate surface area is 90.4 Å². The van der Waals surface area contributed by atoms with Gasteiger partial charge in [0.1, 0.15) is 11.6 Å². The third-order valence-corrected chi connectivity index (χ3v) is 1.69. The van der Waals surface area contributed by atoms with Crippen LogP contribution in [0.3, 0.4) is 0 Å². The Kier molecular flexibility index (Phi) is 4.74. The first-order valence-electron chi connectivity index (χ1n) is 4.91. The Morgan fingerprint density at radius 1 is 1.20 bits per heavy atom. The van der Waals surface area contributed by atoms with Crippen LogP contribution in [-0.2, 0) is 14.3 Å². The number of ether oxygens (including phenoxy) is 1. The number of rotatable bonds is 4. The number of carbonyl (C=O) groups is 2. The van der Waals surface area contributed by atoms with Crippen molar-refractivity contribution >= 4 is 11.9 Å². The largest absolute Gasteiger partial charge is 0.459 e. The maximum absolute atomic E-state index is 11.5. The van der Waals surface area contributed by atoms with Gasteiger partial charge in [0.15, 0.2) is 0 Å². The summed E-state index contributed by atoms with van der Waals surface area (Å²) in [6, 6.07) is -1.10. The van der Waals surface area contributed by atoms with E-state index in [2.05, 4.69) is 5.32 Å². The van der Waals surface area contributed by atoms with Crippen molar-refractivity contribution in [3.8, 4) is 0 Å². The molecule has 0 aromatic rings. The second kappa shape index (κ2) is 5.11. The molecule has 88 valence electrons. The summed E-state index contributed by atoms with van der Waals surface area (Å²) in [7, 11) is 0. The van der Waals surface area contributed by atoms with Crippen LogP contribution in [0.1, 0.15) is 34.6 Å². The minimum Gasteiger partial charge on any atom is -0.459 e. The highest BCUT2D eigenvalue weighted by atomic mass is 16.6. The lowest BCUT2D eigenvalue weighted by Gasteiger charge is -2.23. The second-order valence-electron chi connectivity index (χ2n) is 4.55. The van der Waals surface area contributed by atoms with Gasteiger partial charge in [-0.15, -0.1) is 0 Å². The van der Waals surface area contributed by atoms with E-state index in [0.29, 0.717) is 0 Å². The van der Waals surface area contributed by atoms with Crippen LogP contribution in [0, 0.1) is 0 Å². The third-order valence-electron chi connectivity index (χ3n) is 1.69. The van der Waals surface area contributed by atoms with Crippen LogP contribution in [-0.4, -0.2) is 29.6 Å². The van der Waals surface area contributed by atoms with Gasteiger partial charge in [0.2, 0.25) is 5.91 Å². The van der Waals surface area contributed by atoms with E-state index < -0.39 is 29.6 Å². The molecule has 2 atom stereocenters. The molecule has 0 aromatic heterocycles. The molecule has 0 fully saturated rings. The molecule has 1 amide bonds. The van der Waals surface area contributed by atoms with Crippen molar-refractivity contribution in [1.82, 2.24) is 5.32 Å². The summed E-state index contributed by atoms with van der Waals surface area (Å²) < 4.78 is 5.13. The predicted octanol–water partition coefficient (Wildman–Crippen LogP) is 0.180. The molecule has 0 rings (SSSR count). The Hall–Kier alpha value is -1.10. The lowest BCUT2D eigenvalue weighted by Crippen LogP contribution is -2.48. The van der Waals surface area contributed by atoms with Gasteiger partial charge in [-0.25, -0.2) is 0 Å². The predicted molar refractivity (Wildman–Crippen MR) is 57.1 cm³/mol. The smallest absolute Gasteiger partial charge is 0.323 e. The van der Waals surface area contributed by atoms with Crippen molar-refractivity contribution in [2.75, 3.05) is 0 Å². The van der Waals surface area contributed by atoms with Gasteiger partial charge in [0.25, 0.3) is 0 Å². The van der Waals surface area contributed by atoms with Crippen molar-refractivity contribution in [1.29, 1.82) is 0 Å². The molecule has 0 aliphatic heterocycles. The molecule has 0 saturated carbocycles. The number of amides is 1. The zero-order valence-electron chi connectivity index (χ0n) is 9.96. The molecule has 0 aliphatic rings. The topological polar surface area (TPSA) is 81.4 Å². The van der Waals surface area contributed by atoms with Crippen LogP contribution in [0.15, 0.2) is 0 Å². The third kappa shape index (κ3) is 6.06. The molecule has 0 heterocycles. The highest BCUT2D eigenvalue weighted by Crippen LogP contribution is 2.08. The monoisotopic (exact) mass is 216 g/mol. The minimum absolute atomic E-state index is 0.393. The Morgan fingerprint density at radius 3 is 2.00 bits per heavy atom. The number of primary amides is 1. The van der Waals surface area contributed by atoms with E-state index in [9.17, 15) is 9.59 Å². The summed E-state index contributed by atoms with van der Waals surface area (Å²) in [5.74, 6) is -0.888. The van der Waals surface area contributed by atoms with Crippen LogP contribution >= 0.6 is 0 Å². The Morgan fingerprint density at radius 2 is 1.67 bits per heavy atom. The molecule has 5 nitrogen and oxygen atoms in total. The lowest BCUT2D eigenvalue weighted by molar-refractivity contribution is -0.157. The van der Waals surface area contributed by atoms with E-state index >= 15 is 0 Å². The number of hydrogen-bond donors (Lipinski definition) is 2. The van der Waals surface area contributed by atoms with Crippen molar-refractivity contribution < 1.29 is 14.3 Å². The van der Waals surface area contributed by atoms with Crippen LogP contribution in [0.4, 0.5) is 0 Å². The molecule has 2 unspecified atom stereocenters. The zero-order valence-corrected chi connectivity index (χ0v) is 9.96. The van der Waals surface area contributed by atoms with Crippen LogP contribution in [0.25, 0.3) is 0 Å². The molecule has 0 aliphatic carbocycles. The van der Waals surface area contributed by atoms with Gasteiger partial charge in [0, 0.05) is 0 Å².